The Bertz CT molecular complexity index is 742. The monoisotopic (exact) mass is 315 g/mol. The number of halogens is 2. The molecule has 0 bridgehead atoms. The molecule has 0 unspecified atom stereocenters. The number of nitrogens with zero attached hydrogens (tertiary/aromatic N) is 2. The predicted octanol–water partition coefficient (Wildman–Crippen LogP) is 2.34. The van der Waals surface area contributed by atoms with E-state index >= 15 is 0 Å². The number of nitrogens with one attached hydrogen (secondary N) is 1. The Labute approximate surface area is 121 Å². The summed E-state index contributed by atoms with van der Waals surface area (Å²) in [4.78, 5) is -0.401. The second-order valence-corrected chi connectivity index (χ2v) is 6.42. The molecule has 0 aliphatic heterocycles. The number of aryl methyl sites for hydroxylation is 1. The average molecular weight is 315 g/mol. The second-order valence-electron chi connectivity index (χ2n) is 4.53. The van der Waals surface area contributed by atoms with Crippen LogP contribution in [0.5, 0.6) is 0 Å². The van der Waals surface area contributed by atoms with Crippen molar-refractivity contribution in [3.05, 3.63) is 41.7 Å². The number of benzene rings is 1. The predicted molar refractivity (Wildman–Crippen MR) is 74.9 cm³/mol. The molecule has 0 amide bonds. The number of anilines is 1. The minimum atomic E-state index is -4.63. The van der Waals surface area contributed by atoms with Gasteiger partial charge in [-0.1, -0.05) is 12.1 Å². The molecular weight excluding hydrogens is 300 g/mol. The highest BCUT2D eigenvalue weighted by molar-refractivity contribution is 7.91. The van der Waals surface area contributed by atoms with Gasteiger partial charge in [-0.3, -0.25) is 4.68 Å². The quantitative estimate of drug-likeness (QED) is 0.920. The molecule has 8 heteroatoms. The molecule has 0 radical (unpaired) electrons. The van der Waals surface area contributed by atoms with Gasteiger partial charge in [0.05, 0.1) is 16.8 Å². The molecule has 0 saturated carbocycles. The third-order valence-electron chi connectivity index (χ3n) is 3.23. The molecule has 2 rings (SSSR count). The van der Waals surface area contributed by atoms with E-state index in [1.807, 2.05) is 6.92 Å². The summed E-state index contributed by atoms with van der Waals surface area (Å²) in [5.41, 5.74) is 1.93. The summed E-state index contributed by atoms with van der Waals surface area (Å²) in [6.07, 6.45) is 1.65. The van der Waals surface area contributed by atoms with Crippen molar-refractivity contribution in [3.8, 4) is 0 Å². The van der Waals surface area contributed by atoms with E-state index in [2.05, 4.69) is 10.4 Å². The van der Waals surface area contributed by atoms with Crippen LogP contribution in [0, 0.1) is 6.92 Å². The van der Waals surface area contributed by atoms with Crippen molar-refractivity contribution >= 4 is 15.5 Å². The van der Waals surface area contributed by atoms with Crippen LogP contribution < -0.4 is 5.32 Å². The van der Waals surface area contributed by atoms with Crippen LogP contribution in [0.1, 0.15) is 11.3 Å². The zero-order chi connectivity index (χ0) is 15.6. The maximum Gasteiger partial charge on any atom is 0.341 e. The number of sulfone groups is 1. The first kappa shape index (κ1) is 15.4. The Morgan fingerprint density at radius 1 is 1.33 bits per heavy atom. The van der Waals surface area contributed by atoms with Crippen molar-refractivity contribution < 1.29 is 17.2 Å². The molecule has 0 atom stereocenters. The number of hydrogen-bond donors (Lipinski definition) is 1. The summed E-state index contributed by atoms with van der Waals surface area (Å²) in [5.74, 6) is -3.44. The lowest BCUT2D eigenvalue weighted by molar-refractivity contribution is 0.235. The van der Waals surface area contributed by atoms with Gasteiger partial charge < -0.3 is 5.32 Å². The standard InChI is InChI=1S/C13H15F2N3O2S/c1-9-10(8-17-18(9)2)7-16-11-5-3-4-6-12(11)21(19,20)13(14)15/h3-6,8,13,16H,7H2,1-2H3. The van der Waals surface area contributed by atoms with Crippen LogP contribution in [0.2, 0.25) is 0 Å². The molecular formula is C13H15F2N3O2S. The molecule has 114 valence electrons. The summed E-state index contributed by atoms with van der Waals surface area (Å²) < 4.78 is 50.3. The summed E-state index contributed by atoms with van der Waals surface area (Å²) in [6, 6.07) is 5.62. The van der Waals surface area contributed by atoms with Gasteiger partial charge in [-0.05, 0) is 19.1 Å². The largest absolute Gasteiger partial charge is 0.380 e. The van der Waals surface area contributed by atoms with Gasteiger partial charge in [0, 0.05) is 24.8 Å². The fraction of sp³-hybridized carbons (Fsp3) is 0.308. The molecule has 0 spiro atoms. The first-order valence-electron chi connectivity index (χ1n) is 6.16. The van der Waals surface area contributed by atoms with E-state index in [9.17, 15) is 17.2 Å². The minimum Gasteiger partial charge on any atom is -0.380 e. The number of aromatic nitrogens is 2. The average Bonchev–Trinajstić information content (AvgIpc) is 2.76. The number of alkyl halides is 2. The molecule has 0 fully saturated rings. The summed E-state index contributed by atoms with van der Waals surface area (Å²) in [7, 11) is -2.85. The van der Waals surface area contributed by atoms with E-state index in [1.165, 1.54) is 18.2 Å². The van der Waals surface area contributed by atoms with Gasteiger partial charge in [0.25, 0.3) is 0 Å². The first-order valence-corrected chi connectivity index (χ1v) is 7.71. The second kappa shape index (κ2) is 5.80. The van der Waals surface area contributed by atoms with E-state index < -0.39 is 20.5 Å². The summed E-state index contributed by atoms with van der Waals surface area (Å²) in [6.45, 7) is 2.17. The zero-order valence-corrected chi connectivity index (χ0v) is 12.4. The molecule has 1 aromatic carbocycles. The molecule has 1 heterocycles. The highest BCUT2D eigenvalue weighted by Crippen LogP contribution is 2.26. The lowest BCUT2D eigenvalue weighted by Gasteiger charge is -2.12. The maximum absolute atomic E-state index is 12.7. The number of hydrogen-bond acceptors (Lipinski definition) is 4. The summed E-state index contributed by atoms with van der Waals surface area (Å²) in [5, 5.41) is 6.95. The molecule has 1 aromatic heterocycles. The van der Waals surface area contributed by atoms with Crippen LogP contribution in [0.4, 0.5) is 14.5 Å². The van der Waals surface area contributed by atoms with E-state index in [0.29, 0.717) is 6.54 Å². The van der Waals surface area contributed by atoms with Crippen LogP contribution >= 0.6 is 0 Å². The van der Waals surface area contributed by atoms with Gasteiger partial charge in [0.2, 0.25) is 9.84 Å². The van der Waals surface area contributed by atoms with E-state index in [0.717, 1.165) is 11.3 Å². The molecule has 0 saturated heterocycles. The van der Waals surface area contributed by atoms with Gasteiger partial charge in [0.15, 0.2) is 0 Å². The Hall–Kier alpha value is -1.96. The lowest BCUT2D eigenvalue weighted by Crippen LogP contribution is -2.14. The molecule has 1 N–H and O–H groups in total. The fourth-order valence-corrected chi connectivity index (χ4v) is 2.77. The topological polar surface area (TPSA) is 64.0 Å². The van der Waals surface area contributed by atoms with Crippen molar-refractivity contribution in [3.63, 3.8) is 0 Å². The normalized spacial score (nSPS) is 11.9. The van der Waals surface area contributed by atoms with Crippen molar-refractivity contribution in [2.45, 2.75) is 24.1 Å². The first-order chi connectivity index (χ1) is 9.84. The highest BCUT2D eigenvalue weighted by Gasteiger charge is 2.28. The van der Waals surface area contributed by atoms with E-state index in [-0.39, 0.29) is 5.69 Å². The third kappa shape index (κ3) is 3.05. The molecule has 5 nitrogen and oxygen atoms in total. The van der Waals surface area contributed by atoms with Crippen molar-refractivity contribution in [1.29, 1.82) is 0 Å². The van der Waals surface area contributed by atoms with Crippen molar-refractivity contribution in [2.75, 3.05) is 5.32 Å². The fourth-order valence-electron chi connectivity index (χ4n) is 1.86. The smallest absolute Gasteiger partial charge is 0.341 e. The highest BCUT2D eigenvalue weighted by atomic mass is 32.2. The van der Waals surface area contributed by atoms with Crippen LogP contribution in [0.25, 0.3) is 0 Å². The molecule has 2 aromatic rings. The van der Waals surface area contributed by atoms with Gasteiger partial charge in [-0.25, -0.2) is 8.42 Å². The van der Waals surface area contributed by atoms with E-state index in [1.54, 1.807) is 24.0 Å². The van der Waals surface area contributed by atoms with Crippen molar-refractivity contribution in [2.24, 2.45) is 7.05 Å². The van der Waals surface area contributed by atoms with Crippen LogP contribution in [-0.2, 0) is 23.4 Å². The minimum absolute atomic E-state index is 0.154. The SMILES string of the molecule is Cc1c(CNc2ccccc2S(=O)(=O)C(F)F)cnn1C. The van der Waals surface area contributed by atoms with Crippen molar-refractivity contribution in [1.82, 2.24) is 9.78 Å². The Balaban J connectivity index is 2.28. The van der Waals surface area contributed by atoms with Crippen LogP contribution in [0.3, 0.4) is 0 Å². The zero-order valence-electron chi connectivity index (χ0n) is 11.5. The van der Waals surface area contributed by atoms with Gasteiger partial charge in [-0.15, -0.1) is 0 Å². The molecule has 21 heavy (non-hydrogen) atoms. The number of para-hydroxylation sites is 1. The van der Waals surface area contributed by atoms with Gasteiger partial charge in [0.1, 0.15) is 0 Å². The molecule has 0 aliphatic rings. The van der Waals surface area contributed by atoms with Crippen LogP contribution in [0.15, 0.2) is 35.4 Å². The Kier molecular flexibility index (Phi) is 4.26. The van der Waals surface area contributed by atoms with Gasteiger partial charge in [-0.2, -0.15) is 13.9 Å². The van der Waals surface area contributed by atoms with E-state index in [4.69, 9.17) is 0 Å². The Morgan fingerprint density at radius 2 is 2.00 bits per heavy atom. The van der Waals surface area contributed by atoms with Gasteiger partial charge >= 0.3 is 5.76 Å². The molecule has 0 aliphatic carbocycles. The lowest BCUT2D eigenvalue weighted by atomic mass is 10.2. The maximum atomic E-state index is 12.7. The number of rotatable bonds is 5. The third-order valence-corrected chi connectivity index (χ3v) is 4.67. The van der Waals surface area contributed by atoms with Crippen LogP contribution in [-0.4, -0.2) is 24.0 Å². The Morgan fingerprint density at radius 3 is 2.57 bits per heavy atom. The summed E-state index contributed by atoms with van der Waals surface area (Å²) >= 11 is 0.